The van der Waals surface area contributed by atoms with E-state index in [0.29, 0.717) is 5.52 Å². The molecule has 28 heavy (non-hydrogen) atoms. The fraction of sp³-hybridized carbons (Fsp3) is 0.130. The van der Waals surface area contributed by atoms with Crippen molar-refractivity contribution in [3.63, 3.8) is 0 Å². The number of hydrogen-bond donors (Lipinski definition) is 2. The van der Waals surface area contributed by atoms with E-state index in [-0.39, 0.29) is 11.8 Å². The average molecular weight is 434 g/mol. The minimum atomic E-state index is -0.263. The van der Waals surface area contributed by atoms with E-state index in [1.807, 2.05) is 80.6 Å². The number of benzene rings is 2. The molecule has 1 atom stereocenters. The number of aromatic hydroxyl groups is 1. The molecule has 0 aliphatic heterocycles. The zero-order valence-electron chi connectivity index (χ0n) is 15.6. The quantitative estimate of drug-likeness (QED) is 0.419. The zero-order chi connectivity index (χ0) is 19.7. The number of nitrogens with one attached hydrogen (secondary N) is 1. The fourth-order valence-corrected chi connectivity index (χ4v) is 3.50. The van der Waals surface area contributed by atoms with Gasteiger partial charge >= 0.3 is 0 Å². The van der Waals surface area contributed by atoms with E-state index in [1.165, 1.54) is 0 Å². The maximum atomic E-state index is 11.1. The Bertz CT molecular complexity index is 1150. The molecule has 4 aromatic rings. The van der Waals surface area contributed by atoms with Gasteiger partial charge < -0.3 is 10.4 Å². The Morgan fingerprint density at radius 1 is 0.893 bits per heavy atom. The second kappa shape index (κ2) is 7.60. The van der Waals surface area contributed by atoms with Gasteiger partial charge in [-0.2, -0.15) is 0 Å². The van der Waals surface area contributed by atoms with Crippen LogP contribution in [0, 0.1) is 13.8 Å². The van der Waals surface area contributed by atoms with Crippen LogP contribution in [0.4, 0.5) is 5.82 Å². The highest BCUT2D eigenvalue weighted by molar-refractivity contribution is 9.10. The van der Waals surface area contributed by atoms with Crippen molar-refractivity contribution in [3.8, 4) is 5.75 Å². The minimum Gasteiger partial charge on any atom is -0.505 e. The van der Waals surface area contributed by atoms with Gasteiger partial charge in [0.25, 0.3) is 0 Å². The van der Waals surface area contributed by atoms with Crippen LogP contribution in [0.25, 0.3) is 10.9 Å². The summed E-state index contributed by atoms with van der Waals surface area (Å²) < 4.78 is 0.961. The summed E-state index contributed by atoms with van der Waals surface area (Å²) >= 11 is 3.49. The van der Waals surface area contributed by atoms with Crippen molar-refractivity contribution >= 4 is 32.7 Å². The molecule has 4 rings (SSSR count). The van der Waals surface area contributed by atoms with Crippen molar-refractivity contribution in [2.75, 3.05) is 5.32 Å². The molecule has 0 spiro atoms. The topological polar surface area (TPSA) is 58.0 Å². The van der Waals surface area contributed by atoms with Crippen molar-refractivity contribution in [2.45, 2.75) is 19.9 Å². The van der Waals surface area contributed by atoms with Crippen LogP contribution < -0.4 is 5.32 Å². The maximum Gasteiger partial charge on any atom is 0.147 e. The molecule has 2 heterocycles. The first kappa shape index (κ1) is 18.4. The molecular weight excluding hydrogens is 414 g/mol. The van der Waals surface area contributed by atoms with Crippen molar-refractivity contribution < 1.29 is 5.11 Å². The van der Waals surface area contributed by atoms with Crippen LogP contribution in [-0.2, 0) is 0 Å². The summed E-state index contributed by atoms with van der Waals surface area (Å²) in [5.74, 6) is 0.933. The van der Waals surface area contributed by atoms with Crippen LogP contribution in [0.15, 0.2) is 71.2 Å². The molecule has 5 heteroatoms. The molecule has 4 nitrogen and oxygen atoms in total. The Kier molecular flexibility index (Phi) is 5.01. The lowest BCUT2D eigenvalue weighted by molar-refractivity contribution is 0.471. The monoisotopic (exact) mass is 433 g/mol. The van der Waals surface area contributed by atoms with Gasteiger partial charge in [-0.05, 0) is 53.5 Å². The smallest absolute Gasteiger partial charge is 0.147 e. The maximum absolute atomic E-state index is 11.1. The van der Waals surface area contributed by atoms with Crippen LogP contribution in [-0.4, -0.2) is 15.1 Å². The highest BCUT2D eigenvalue weighted by Crippen LogP contribution is 2.36. The second-order valence-electron chi connectivity index (χ2n) is 6.78. The summed E-state index contributed by atoms with van der Waals surface area (Å²) in [5, 5.41) is 15.4. The number of nitrogens with zero attached hydrogens (tertiary/aromatic N) is 2. The number of phenolic OH excluding ortho intramolecular Hbond substituents is 1. The molecule has 2 N–H and O–H groups in total. The Hall–Kier alpha value is -2.92. The van der Waals surface area contributed by atoms with E-state index >= 15 is 0 Å². The number of phenols is 1. The lowest BCUT2D eigenvalue weighted by atomic mass is 9.96. The van der Waals surface area contributed by atoms with Gasteiger partial charge in [-0.25, -0.2) is 9.97 Å². The number of hydrogen-bond acceptors (Lipinski definition) is 4. The van der Waals surface area contributed by atoms with Gasteiger partial charge in [-0.3, -0.25) is 0 Å². The number of fused-ring (bicyclic) bond motifs is 1. The molecular formula is C23H20BrN3O. The number of anilines is 1. The SMILES string of the molecule is Cc1ccc2ccc(C(Nc3ccc(Br)c(C)n3)c3ccccc3)c(O)c2n1. The molecule has 0 bridgehead atoms. The molecule has 0 radical (unpaired) electrons. The van der Waals surface area contributed by atoms with Gasteiger partial charge in [0.1, 0.15) is 17.1 Å². The molecule has 140 valence electrons. The first-order chi connectivity index (χ1) is 13.5. The zero-order valence-corrected chi connectivity index (χ0v) is 17.2. The van der Waals surface area contributed by atoms with E-state index in [1.54, 1.807) is 0 Å². The molecule has 0 aliphatic carbocycles. The highest BCUT2D eigenvalue weighted by atomic mass is 79.9. The van der Waals surface area contributed by atoms with Crippen molar-refractivity contribution in [1.82, 2.24) is 9.97 Å². The van der Waals surface area contributed by atoms with Crippen molar-refractivity contribution in [3.05, 3.63) is 93.7 Å². The number of pyridine rings is 2. The number of rotatable bonds is 4. The van der Waals surface area contributed by atoms with Gasteiger partial charge in [0, 0.05) is 21.1 Å². The number of aryl methyl sites for hydroxylation is 2. The summed E-state index contributed by atoms with van der Waals surface area (Å²) in [6, 6.07) is 21.5. The van der Waals surface area contributed by atoms with Gasteiger partial charge in [-0.15, -0.1) is 0 Å². The van der Waals surface area contributed by atoms with Gasteiger partial charge in [0.05, 0.1) is 11.7 Å². The molecule has 1 unspecified atom stereocenters. The third-order valence-electron chi connectivity index (χ3n) is 4.76. The van der Waals surface area contributed by atoms with Crippen molar-refractivity contribution in [2.24, 2.45) is 0 Å². The predicted octanol–water partition coefficient (Wildman–Crippen LogP) is 5.92. The normalized spacial score (nSPS) is 12.1. The largest absolute Gasteiger partial charge is 0.505 e. The Balaban J connectivity index is 1.85. The molecule has 0 aliphatic rings. The number of halogens is 1. The number of aromatic nitrogens is 2. The van der Waals surface area contributed by atoms with Crippen LogP contribution in [0.1, 0.15) is 28.6 Å². The molecule has 2 aromatic heterocycles. The fourth-order valence-electron chi connectivity index (χ4n) is 3.28. The lowest BCUT2D eigenvalue weighted by Gasteiger charge is -2.22. The third-order valence-corrected chi connectivity index (χ3v) is 5.60. The van der Waals surface area contributed by atoms with Gasteiger partial charge in [0.2, 0.25) is 0 Å². The molecule has 0 saturated heterocycles. The van der Waals surface area contributed by atoms with E-state index < -0.39 is 0 Å². The van der Waals surface area contributed by atoms with Gasteiger partial charge in [0.15, 0.2) is 0 Å². The van der Waals surface area contributed by atoms with E-state index in [4.69, 9.17) is 0 Å². The third kappa shape index (κ3) is 3.58. The summed E-state index contributed by atoms with van der Waals surface area (Å²) in [4.78, 5) is 9.16. The Morgan fingerprint density at radius 2 is 1.64 bits per heavy atom. The first-order valence-corrected chi connectivity index (χ1v) is 9.86. The standard InChI is InChI=1S/C23H20BrN3O/c1-14-8-9-17-10-11-18(23(28)22(17)25-14)21(16-6-4-3-5-7-16)27-20-13-12-19(24)15(2)26-20/h3-13,21,28H,1-2H3,(H,26,27). The molecule has 0 saturated carbocycles. The first-order valence-electron chi connectivity index (χ1n) is 9.07. The highest BCUT2D eigenvalue weighted by Gasteiger charge is 2.20. The van der Waals surface area contributed by atoms with Crippen LogP contribution in [0.3, 0.4) is 0 Å². The van der Waals surface area contributed by atoms with Crippen LogP contribution >= 0.6 is 15.9 Å². The summed E-state index contributed by atoms with van der Waals surface area (Å²) in [6.45, 7) is 3.87. The lowest BCUT2D eigenvalue weighted by Crippen LogP contribution is -2.14. The Morgan fingerprint density at radius 3 is 2.39 bits per heavy atom. The summed E-state index contributed by atoms with van der Waals surface area (Å²) in [6.07, 6.45) is 0. The average Bonchev–Trinajstić information content (AvgIpc) is 2.71. The molecule has 0 amide bonds. The minimum absolute atomic E-state index is 0.191. The molecule has 0 fully saturated rings. The van der Waals surface area contributed by atoms with Crippen LogP contribution in [0.5, 0.6) is 5.75 Å². The van der Waals surface area contributed by atoms with Crippen molar-refractivity contribution in [1.29, 1.82) is 0 Å². The summed E-state index contributed by atoms with van der Waals surface area (Å²) in [7, 11) is 0. The Labute approximate surface area is 172 Å². The van der Waals surface area contributed by atoms with E-state index in [9.17, 15) is 5.11 Å². The predicted molar refractivity (Wildman–Crippen MR) is 117 cm³/mol. The molecule has 2 aromatic carbocycles. The van der Waals surface area contributed by atoms with E-state index in [0.717, 1.165) is 38.2 Å². The summed E-state index contributed by atoms with van der Waals surface area (Å²) in [5.41, 5.74) is 4.18. The van der Waals surface area contributed by atoms with E-state index in [2.05, 4.69) is 31.2 Å². The van der Waals surface area contributed by atoms with Crippen LogP contribution in [0.2, 0.25) is 0 Å². The van der Waals surface area contributed by atoms with Gasteiger partial charge in [-0.1, -0.05) is 48.5 Å². The second-order valence-corrected chi connectivity index (χ2v) is 7.63.